The number of nitrogens with zero attached hydrogens (tertiary/aromatic N) is 2. The van der Waals surface area contributed by atoms with Gasteiger partial charge in [-0.05, 0) is 30.2 Å². The summed E-state index contributed by atoms with van der Waals surface area (Å²) in [6, 6.07) is 11.0. The van der Waals surface area contributed by atoms with E-state index < -0.39 is 9.84 Å². The molecule has 0 aliphatic carbocycles. The highest BCUT2D eigenvalue weighted by molar-refractivity contribution is 7.91. The Kier molecular flexibility index (Phi) is 4.53. The monoisotopic (exact) mass is 385 g/mol. The molecule has 27 heavy (non-hydrogen) atoms. The van der Waals surface area contributed by atoms with Crippen molar-refractivity contribution in [2.75, 3.05) is 22.1 Å². The van der Waals surface area contributed by atoms with E-state index in [0.717, 1.165) is 16.5 Å². The number of carbonyl (C=O) groups excluding carboxylic acids is 1. The highest BCUT2D eigenvalue weighted by Gasteiger charge is 2.27. The van der Waals surface area contributed by atoms with Gasteiger partial charge in [0.25, 0.3) is 0 Å². The lowest BCUT2D eigenvalue weighted by molar-refractivity contribution is -0.115. The molecular weight excluding hydrogens is 366 g/mol. The standard InChI is InChI=1S/C18H19N5O3S/c24-18(9-12-10-19-15-4-2-1-3-14(12)15)21-17-6-5-16(22-23-17)20-13-7-8-27(25,26)11-13/h1-6,10,13,19H,7-9,11H2,(H,20,22)(H,21,23,24). The van der Waals surface area contributed by atoms with Crippen LogP contribution in [0.3, 0.4) is 0 Å². The average molecular weight is 385 g/mol. The van der Waals surface area contributed by atoms with Gasteiger partial charge in [-0.1, -0.05) is 18.2 Å². The molecule has 1 unspecified atom stereocenters. The molecule has 0 bridgehead atoms. The predicted molar refractivity (Wildman–Crippen MR) is 103 cm³/mol. The first-order chi connectivity index (χ1) is 13.0. The Morgan fingerprint density at radius 1 is 1.15 bits per heavy atom. The SMILES string of the molecule is O=C(Cc1c[nH]c2ccccc12)Nc1ccc(NC2CCS(=O)(=O)C2)nn1. The molecule has 3 aromatic rings. The van der Waals surface area contributed by atoms with Gasteiger partial charge >= 0.3 is 0 Å². The summed E-state index contributed by atoms with van der Waals surface area (Å²) in [4.78, 5) is 15.4. The smallest absolute Gasteiger partial charge is 0.230 e. The van der Waals surface area contributed by atoms with Crippen molar-refractivity contribution in [1.82, 2.24) is 15.2 Å². The quantitative estimate of drug-likeness (QED) is 0.616. The van der Waals surface area contributed by atoms with E-state index in [-0.39, 0.29) is 29.9 Å². The molecule has 0 radical (unpaired) electrons. The highest BCUT2D eigenvalue weighted by atomic mass is 32.2. The molecule has 3 N–H and O–H groups in total. The van der Waals surface area contributed by atoms with Gasteiger partial charge in [0, 0.05) is 23.1 Å². The first kappa shape index (κ1) is 17.5. The molecule has 1 saturated heterocycles. The maximum absolute atomic E-state index is 12.3. The van der Waals surface area contributed by atoms with E-state index in [1.165, 1.54) is 0 Å². The van der Waals surface area contributed by atoms with Crippen LogP contribution >= 0.6 is 0 Å². The lowest BCUT2D eigenvalue weighted by Crippen LogP contribution is -2.21. The van der Waals surface area contributed by atoms with E-state index in [9.17, 15) is 13.2 Å². The van der Waals surface area contributed by atoms with Crippen molar-refractivity contribution >= 4 is 38.3 Å². The van der Waals surface area contributed by atoms with Gasteiger partial charge in [-0.15, -0.1) is 10.2 Å². The minimum atomic E-state index is -2.95. The summed E-state index contributed by atoms with van der Waals surface area (Å²) in [7, 11) is -2.95. The van der Waals surface area contributed by atoms with E-state index >= 15 is 0 Å². The number of nitrogens with one attached hydrogen (secondary N) is 3. The third kappa shape index (κ3) is 4.08. The fourth-order valence-electron chi connectivity index (χ4n) is 3.23. The zero-order chi connectivity index (χ0) is 18.9. The van der Waals surface area contributed by atoms with Crippen molar-refractivity contribution in [3.63, 3.8) is 0 Å². The third-order valence-corrected chi connectivity index (χ3v) is 6.31. The number of anilines is 2. The predicted octanol–water partition coefficient (Wildman–Crippen LogP) is 1.74. The van der Waals surface area contributed by atoms with Crippen LogP contribution in [-0.4, -0.2) is 47.1 Å². The summed E-state index contributed by atoms with van der Waals surface area (Å²) in [6.07, 6.45) is 2.62. The van der Waals surface area contributed by atoms with Gasteiger partial charge in [0.1, 0.15) is 5.82 Å². The molecule has 0 spiro atoms. The zero-order valence-corrected chi connectivity index (χ0v) is 15.3. The van der Waals surface area contributed by atoms with Crippen LogP contribution in [0.4, 0.5) is 11.6 Å². The topological polar surface area (TPSA) is 117 Å². The molecule has 2 aromatic heterocycles. The molecule has 3 heterocycles. The lowest BCUT2D eigenvalue weighted by Gasteiger charge is -2.11. The summed E-state index contributed by atoms with van der Waals surface area (Å²) in [5.41, 5.74) is 1.90. The van der Waals surface area contributed by atoms with Crippen molar-refractivity contribution in [3.8, 4) is 0 Å². The first-order valence-electron chi connectivity index (χ1n) is 8.64. The van der Waals surface area contributed by atoms with Crippen LogP contribution in [-0.2, 0) is 21.1 Å². The minimum Gasteiger partial charge on any atom is -0.365 e. The number of H-pyrrole nitrogens is 1. The molecule has 140 valence electrons. The molecule has 1 aliphatic rings. The fourth-order valence-corrected chi connectivity index (χ4v) is 4.91. The Bertz CT molecular complexity index is 1080. The van der Waals surface area contributed by atoms with Gasteiger partial charge in [0.05, 0.1) is 17.9 Å². The second-order valence-electron chi connectivity index (χ2n) is 6.63. The Morgan fingerprint density at radius 3 is 2.67 bits per heavy atom. The summed E-state index contributed by atoms with van der Waals surface area (Å²) in [5.74, 6) is 0.963. The van der Waals surface area contributed by atoms with Crippen LogP contribution in [0.2, 0.25) is 0 Å². The number of benzene rings is 1. The normalized spacial score (nSPS) is 18.4. The van der Waals surface area contributed by atoms with E-state index in [1.807, 2.05) is 30.5 Å². The van der Waals surface area contributed by atoms with Crippen molar-refractivity contribution < 1.29 is 13.2 Å². The van der Waals surface area contributed by atoms with E-state index in [2.05, 4.69) is 25.8 Å². The van der Waals surface area contributed by atoms with E-state index in [0.29, 0.717) is 18.1 Å². The fraction of sp³-hybridized carbons (Fsp3) is 0.278. The van der Waals surface area contributed by atoms with Crippen molar-refractivity contribution in [1.29, 1.82) is 0 Å². The molecule has 9 heteroatoms. The van der Waals surface area contributed by atoms with Gasteiger partial charge in [-0.3, -0.25) is 4.79 Å². The number of para-hydroxylation sites is 1. The summed E-state index contributed by atoms with van der Waals surface area (Å²) >= 11 is 0. The molecule has 1 atom stereocenters. The highest BCUT2D eigenvalue weighted by Crippen LogP contribution is 2.19. The summed E-state index contributed by atoms with van der Waals surface area (Å²) in [5, 5.41) is 14.8. The third-order valence-electron chi connectivity index (χ3n) is 4.54. The van der Waals surface area contributed by atoms with E-state index in [4.69, 9.17) is 0 Å². The number of fused-ring (bicyclic) bond motifs is 1. The lowest BCUT2D eigenvalue weighted by atomic mass is 10.1. The molecule has 8 nitrogen and oxygen atoms in total. The maximum Gasteiger partial charge on any atom is 0.230 e. The number of hydrogen-bond donors (Lipinski definition) is 3. The molecule has 1 aromatic carbocycles. The second-order valence-corrected chi connectivity index (χ2v) is 8.86. The van der Waals surface area contributed by atoms with Crippen LogP contribution in [0.15, 0.2) is 42.6 Å². The van der Waals surface area contributed by atoms with Crippen LogP contribution in [0.1, 0.15) is 12.0 Å². The molecule has 1 aliphatic heterocycles. The first-order valence-corrected chi connectivity index (χ1v) is 10.5. The number of rotatable bonds is 5. The molecule has 1 fully saturated rings. The van der Waals surface area contributed by atoms with Crippen molar-refractivity contribution in [2.24, 2.45) is 0 Å². The van der Waals surface area contributed by atoms with E-state index in [1.54, 1.807) is 12.1 Å². The van der Waals surface area contributed by atoms with Crippen LogP contribution < -0.4 is 10.6 Å². The number of hydrogen-bond acceptors (Lipinski definition) is 6. The van der Waals surface area contributed by atoms with Crippen LogP contribution in [0.5, 0.6) is 0 Å². The molecule has 0 saturated carbocycles. The Hall–Kier alpha value is -2.94. The maximum atomic E-state index is 12.3. The van der Waals surface area contributed by atoms with Crippen molar-refractivity contribution in [3.05, 3.63) is 48.2 Å². The Balaban J connectivity index is 1.36. The van der Waals surface area contributed by atoms with Crippen LogP contribution in [0, 0.1) is 0 Å². The number of carbonyl (C=O) groups is 1. The minimum absolute atomic E-state index is 0.109. The number of sulfone groups is 1. The van der Waals surface area contributed by atoms with Gasteiger partial charge < -0.3 is 15.6 Å². The van der Waals surface area contributed by atoms with Gasteiger partial charge in [0.15, 0.2) is 15.7 Å². The average Bonchev–Trinajstić information content (AvgIpc) is 3.20. The summed E-state index contributed by atoms with van der Waals surface area (Å²) < 4.78 is 23.0. The Morgan fingerprint density at radius 2 is 1.93 bits per heavy atom. The number of aromatic amines is 1. The van der Waals surface area contributed by atoms with Crippen LogP contribution in [0.25, 0.3) is 10.9 Å². The molecule has 4 rings (SSSR count). The number of aromatic nitrogens is 3. The molecule has 1 amide bonds. The van der Waals surface area contributed by atoms with Crippen molar-refractivity contribution in [2.45, 2.75) is 18.9 Å². The Labute approximate surface area is 156 Å². The molecular formula is C18H19N5O3S. The summed E-state index contributed by atoms with van der Waals surface area (Å²) in [6.45, 7) is 0. The number of amides is 1. The second kappa shape index (κ2) is 6.99. The van der Waals surface area contributed by atoms with Gasteiger partial charge in [-0.25, -0.2) is 8.42 Å². The van der Waals surface area contributed by atoms with Gasteiger partial charge in [0.2, 0.25) is 5.91 Å². The largest absolute Gasteiger partial charge is 0.365 e. The van der Waals surface area contributed by atoms with Gasteiger partial charge in [-0.2, -0.15) is 0 Å². The zero-order valence-electron chi connectivity index (χ0n) is 14.5.